The van der Waals surface area contributed by atoms with Gasteiger partial charge in [0, 0.05) is 6.54 Å². The van der Waals surface area contributed by atoms with Crippen molar-refractivity contribution in [2.24, 2.45) is 5.41 Å². The molecule has 1 aliphatic rings. The third kappa shape index (κ3) is 4.70. The maximum atomic E-state index is 3.57. The van der Waals surface area contributed by atoms with Gasteiger partial charge in [0.1, 0.15) is 0 Å². The van der Waals surface area contributed by atoms with Gasteiger partial charge in [-0.2, -0.15) is 11.8 Å². The van der Waals surface area contributed by atoms with E-state index in [1.54, 1.807) is 0 Å². The van der Waals surface area contributed by atoms with E-state index in [1.807, 2.05) is 0 Å². The van der Waals surface area contributed by atoms with E-state index in [9.17, 15) is 0 Å². The molecular formula is C12H25NS. The Morgan fingerprint density at radius 3 is 2.64 bits per heavy atom. The molecule has 0 heterocycles. The average molecular weight is 215 g/mol. The van der Waals surface area contributed by atoms with Gasteiger partial charge in [-0.1, -0.05) is 13.8 Å². The zero-order valence-electron chi connectivity index (χ0n) is 9.77. The van der Waals surface area contributed by atoms with Crippen molar-refractivity contribution in [1.29, 1.82) is 0 Å². The molecule has 0 aromatic heterocycles. The Kier molecular flexibility index (Phi) is 5.95. The summed E-state index contributed by atoms with van der Waals surface area (Å²) in [6.45, 7) is 6.97. The predicted octanol–water partition coefficient (Wildman–Crippen LogP) is 3.30. The van der Waals surface area contributed by atoms with Gasteiger partial charge in [0.25, 0.3) is 0 Å². The molecule has 0 spiro atoms. The number of nitrogens with one attached hydrogen (secondary N) is 1. The Morgan fingerprint density at radius 1 is 1.29 bits per heavy atom. The molecule has 0 bridgehead atoms. The smallest absolute Gasteiger partial charge is 0.000781 e. The molecule has 84 valence electrons. The second kappa shape index (κ2) is 6.73. The molecule has 1 nitrogen and oxygen atoms in total. The van der Waals surface area contributed by atoms with Gasteiger partial charge in [-0.05, 0) is 55.6 Å². The van der Waals surface area contributed by atoms with Crippen molar-refractivity contribution in [3.8, 4) is 0 Å². The van der Waals surface area contributed by atoms with Crippen molar-refractivity contribution >= 4 is 11.8 Å². The monoisotopic (exact) mass is 215 g/mol. The highest BCUT2D eigenvalue weighted by molar-refractivity contribution is 7.99. The van der Waals surface area contributed by atoms with E-state index in [0.717, 1.165) is 5.41 Å². The van der Waals surface area contributed by atoms with Crippen LogP contribution in [0.4, 0.5) is 0 Å². The van der Waals surface area contributed by atoms with Crippen molar-refractivity contribution in [3.05, 3.63) is 0 Å². The highest BCUT2D eigenvalue weighted by Gasteiger charge is 2.40. The van der Waals surface area contributed by atoms with E-state index in [1.165, 1.54) is 56.7 Å². The lowest BCUT2D eigenvalue weighted by molar-refractivity contribution is 0.423. The molecule has 14 heavy (non-hydrogen) atoms. The lowest BCUT2D eigenvalue weighted by Gasteiger charge is -2.15. The van der Waals surface area contributed by atoms with Crippen LogP contribution in [0.25, 0.3) is 0 Å². The average Bonchev–Trinajstić information content (AvgIpc) is 2.94. The second-order valence-corrected chi connectivity index (χ2v) is 5.87. The first-order valence-electron chi connectivity index (χ1n) is 6.11. The van der Waals surface area contributed by atoms with Crippen LogP contribution >= 0.6 is 11.8 Å². The highest BCUT2D eigenvalue weighted by Crippen LogP contribution is 2.49. The molecule has 1 rings (SSSR count). The summed E-state index contributed by atoms with van der Waals surface area (Å²) in [7, 11) is 0. The molecule has 0 atom stereocenters. The fraction of sp³-hybridized carbons (Fsp3) is 1.00. The van der Waals surface area contributed by atoms with Crippen molar-refractivity contribution < 1.29 is 0 Å². The minimum atomic E-state index is 0.726. The first-order valence-corrected chi connectivity index (χ1v) is 7.27. The normalized spacial score (nSPS) is 18.4. The lowest BCUT2D eigenvalue weighted by Crippen LogP contribution is -2.24. The van der Waals surface area contributed by atoms with Crippen LogP contribution < -0.4 is 5.32 Å². The van der Waals surface area contributed by atoms with E-state index in [-0.39, 0.29) is 0 Å². The van der Waals surface area contributed by atoms with Crippen LogP contribution in [-0.4, -0.2) is 24.6 Å². The largest absolute Gasteiger partial charge is 0.316 e. The summed E-state index contributed by atoms with van der Waals surface area (Å²) in [5, 5.41) is 3.57. The number of hydrogen-bond acceptors (Lipinski definition) is 2. The molecule has 0 radical (unpaired) electrons. The van der Waals surface area contributed by atoms with E-state index in [0.29, 0.717) is 0 Å². The fourth-order valence-electron chi connectivity index (χ4n) is 1.92. The molecule has 1 fully saturated rings. The topological polar surface area (TPSA) is 12.0 Å². The maximum absolute atomic E-state index is 3.57. The Bertz CT molecular complexity index is 143. The molecule has 0 aromatic rings. The van der Waals surface area contributed by atoms with Crippen molar-refractivity contribution in [2.45, 2.75) is 46.0 Å². The number of rotatable bonds is 9. The fourth-order valence-corrected chi connectivity index (χ4v) is 2.55. The minimum absolute atomic E-state index is 0.726. The van der Waals surface area contributed by atoms with Gasteiger partial charge in [-0.25, -0.2) is 0 Å². The molecule has 0 aromatic carbocycles. The molecular weight excluding hydrogens is 190 g/mol. The van der Waals surface area contributed by atoms with Gasteiger partial charge >= 0.3 is 0 Å². The Balaban J connectivity index is 1.98. The SMILES string of the molecule is CCCNCC1(CCCSCC)CC1. The second-order valence-electron chi connectivity index (χ2n) is 4.48. The number of thioether (sulfide) groups is 1. The van der Waals surface area contributed by atoms with Crippen LogP contribution in [-0.2, 0) is 0 Å². The van der Waals surface area contributed by atoms with Crippen LogP contribution in [0.5, 0.6) is 0 Å². The van der Waals surface area contributed by atoms with Crippen LogP contribution in [0.2, 0.25) is 0 Å². The quantitative estimate of drug-likeness (QED) is 0.592. The molecule has 1 saturated carbocycles. The maximum Gasteiger partial charge on any atom is 0.000781 e. The van der Waals surface area contributed by atoms with Crippen LogP contribution in [0.3, 0.4) is 0 Å². The predicted molar refractivity (Wildman–Crippen MR) is 67.1 cm³/mol. The summed E-state index contributed by atoms with van der Waals surface area (Å²) in [5.41, 5.74) is 0.726. The summed E-state index contributed by atoms with van der Waals surface area (Å²) < 4.78 is 0. The van der Waals surface area contributed by atoms with Gasteiger partial charge in [0.05, 0.1) is 0 Å². The minimum Gasteiger partial charge on any atom is -0.316 e. The molecule has 0 amide bonds. The summed E-state index contributed by atoms with van der Waals surface area (Å²) in [4.78, 5) is 0. The van der Waals surface area contributed by atoms with Gasteiger partial charge in [0.15, 0.2) is 0 Å². The van der Waals surface area contributed by atoms with Gasteiger partial charge in [-0.15, -0.1) is 0 Å². The standard InChI is InChI=1S/C12H25NS/c1-3-9-13-11-12(7-8-12)6-5-10-14-4-2/h13H,3-11H2,1-2H3. The Morgan fingerprint density at radius 2 is 2.07 bits per heavy atom. The summed E-state index contributed by atoms with van der Waals surface area (Å²) >= 11 is 2.08. The van der Waals surface area contributed by atoms with E-state index >= 15 is 0 Å². The van der Waals surface area contributed by atoms with Crippen molar-refractivity contribution in [1.82, 2.24) is 5.32 Å². The third-order valence-electron chi connectivity index (χ3n) is 3.08. The zero-order chi connectivity index (χ0) is 10.3. The van der Waals surface area contributed by atoms with Crippen molar-refractivity contribution in [2.75, 3.05) is 24.6 Å². The van der Waals surface area contributed by atoms with Crippen molar-refractivity contribution in [3.63, 3.8) is 0 Å². The third-order valence-corrected chi connectivity index (χ3v) is 4.07. The Labute approximate surface area is 93.4 Å². The molecule has 0 saturated heterocycles. The number of hydrogen-bond donors (Lipinski definition) is 1. The summed E-state index contributed by atoms with van der Waals surface area (Å²) in [5.74, 6) is 2.65. The van der Waals surface area contributed by atoms with Gasteiger partial charge in [-0.3, -0.25) is 0 Å². The van der Waals surface area contributed by atoms with Gasteiger partial charge in [0.2, 0.25) is 0 Å². The Hall–Kier alpha value is 0.310. The summed E-state index contributed by atoms with van der Waals surface area (Å²) in [6.07, 6.45) is 7.09. The van der Waals surface area contributed by atoms with E-state index in [2.05, 4.69) is 30.9 Å². The molecule has 1 N–H and O–H groups in total. The lowest BCUT2D eigenvalue weighted by atomic mass is 10.0. The molecule has 1 aliphatic carbocycles. The molecule has 2 heteroatoms. The van der Waals surface area contributed by atoms with Gasteiger partial charge < -0.3 is 5.32 Å². The molecule has 0 aliphatic heterocycles. The van der Waals surface area contributed by atoms with Crippen LogP contribution in [0, 0.1) is 5.41 Å². The van der Waals surface area contributed by atoms with E-state index < -0.39 is 0 Å². The first kappa shape index (κ1) is 12.4. The van der Waals surface area contributed by atoms with Crippen LogP contribution in [0.1, 0.15) is 46.0 Å². The zero-order valence-corrected chi connectivity index (χ0v) is 10.6. The highest BCUT2D eigenvalue weighted by atomic mass is 32.2. The van der Waals surface area contributed by atoms with E-state index in [4.69, 9.17) is 0 Å². The summed E-state index contributed by atoms with van der Waals surface area (Å²) in [6, 6.07) is 0. The first-order chi connectivity index (χ1) is 6.83. The molecule has 0 unspecified atom stereocenters. The van der Waals surface area contributed by atoms with Crippen LogP contribution in [0.15, 0.2) is 0 Å².